The number of hydrogen-bond donors (Lipinski definition) is 2. The minimum atomic E-state index is -1.06. The summed E-state index contributed by atoms with van der Waals surface area (Å²) in [5, 5.41) is 9.15. The second kappa shape index (κ2) is 7.08. The molecule has 1 heterocycles. The van der Waals surface area contributed by atoms with Crippen LogP contribution in [0.25, 0.3) is 0 Å². The Hall–Kier alpha value is -2.08. The summed E-state index contributed by atoms with van der Waals surface area (Å²) in [5.74, 6) is -0.0784. The highest BCUT2D eigenvalue weighted by atomic mass is 16.6. The molecule has 1 fully saturated rings. The van der Waals surface area contributed by atoms with Crippen LogP contribution in [0, 0.1) is 5.92 Å². The second-order valence-electron chi connectivity index (χ2n) is 5.36. The minimum Gasteiger partial charge on any atom is -0.465 e. The largest absolute Gasteiger partial charge is 0.465 e. The predicted octanol–water partition coefficient (Wildman–Crippen LogP) is 2.01. The van der Waals surface area contributed by atoms with E-state index in [1.165, 1.54) is 4.90 Å². The first kappa shape index (κ1) is 15.3. The van der Waals surface area contributed by atoms with Crippen molar-refractivity contribution in [3.05, 3.63) is 35.9 Å². The molecule has 0 spiro atoms. The van der Waals surface area contributed by atoms with Crippen LogP contribution in [0.15, 0.2) is 30.3 Å². The smallest absolute Gasteiger partial charge is 0.407 e. The van der Waals surface area contributed by atoms with E-state index in [1.54, 1.807) is 0 Å². The zero-order valence-corrected chi connectivity index (χ0v) is 12.0. The van der Waals surface area contributed by atoms with Gasteiger partial charge in [-0.05, 0) is 24.3 Å². The number of rotatable bonds is 4. The molecule has 2 atom stereocenters. The van der Waals surface area contributed by atoms with Gasteiger partial charge < -0.3 is 5.11 Å². The number of carboxylic acid groups (broad SMARTS) is 1. The highest BCUT2D eigenvalue weighted by Gasteiger charge is 2.34. The summed E-state index contributed by atoms with van der Waals surface area (Å²) in [5.41, 5.74) is 3.30. The summed E-state index contributed by atoms with van der Waals surface area (Å²) in [6, 6.07) is 8.76. The summed E-state index contributed by atoms with van der Waals surface area (Å²) < 4.78 is 0. The monoisotopic (exact) mass is 292 g/mol. The van der Waals surface area contributed by atoms with Crippen molar-refractivity contribution < 1.29 is 19.5 Å². The Morgan fingerprint density at radius 3 is 2.76 bits per heavy atom. The van der Waals surface area contributed by atoms with Crippen LogP contribution in [-0.4, -0.2) is 34.6 Å². The number of amides is 2. The van der Waals surface area contributed by atoms with E-state index in [4.69, 9.17) is 9.94 Å². The second-order valence-corrected chi connectivity index (χ2v) is 5.36. The number of carbonyl (C=O) groups excluding carboxylic acids is 1. The number of nitrogens with zero attached hydrogens (tertiary/aromatic N) is 1. The van der Waals surface area contributed by atoms with Gasteiger partial charge in [-0.2, -0.15) is 0 Å². The molecule has 1 saturated heterocycles. The van der Waals surface area contributed by atoms with E-state index in [1.807, 2.05) is 37.3 Å². The van der Waals surface area contributed by atoms with Gasteiger partial charge in [0.25, 0.3) is 5.91 Å². The lowest BCUT2D eigenvalue weighted by Crippen LogP contribution is -2.52. The van der Waals surface area contributed by atoms with Crippen molar-refractivity contribution >= 4 is 12.0 Å². The van der Waals surface area contributed by atoms with Crippen molar-refractivity contribution in [1.82, 2.24) is 10.4 Å². The van der Waals surface area contributed by atoms with Crippen LogP contribution >= 0.6 is 0 Å². The SMILES string of the molecule is CC1CCN(C(=O)O)[C@@H](C(=O)NOCc2ccccc2)C1. The molecule has 1 aliphatic rings. The fraction of sp³-hybridized carbons (Fsp3) is 0.467. The molecule has 1 aromatic carbocycles. The Morgan fingerprint density at radius 2 is 2.10 bits per heavy atom. The molecule has 21 heavy (non-hydrogen) atoms. The van der Waals surface area contributed by atoms with Crippen molar-refractivity contribution in [2.45, 2.75) is 32.4 Å². The molecule has 2 amide bonds. The van der Waals surface area contributed by atoms with Gasteiger partial charge in [-0.3, -0.25) is 14.5 Å². The van der Waals surface area contributed by atoms with E-state index >= 15 is 0 Å². The minimum absolute atomic E-state index is 0.252. The van der Waals surface area contributed by atoms with Crippen molar-refractivity contribution in [2.24, 2.45) is 5.92 Å². The summed E-state index contributed by atoms with van der Waals surface area (Å²) in [7, 11) is 0. The first-order valence-electron chi connectivity index (χ1n) is 7.03. The maximum absolute atomic E-state index is 12.1. The number of piperidine rings is 1. The molecule has 0 aliphatic carbocycles. The van der Waals surface area contributed by atoms with Crippen molar-refractivity contribution in [2.75, 3.05) is 6.54 Å². The molecule has 0 bridgehead atoms. The quantitative estimate of drug-likeness (QED) is 0.832. The number of nitrogens with one attached hydrogen (secondary N) is 1. The summed E-state index contributed by atoms with van der Waals surface area (Å²) in [6.45, 7) is 2.65. The van der Waals surface area contributed by atoms with Crippen LogP contribution < -0.4 is 5.48 Å². The summed E-state index contributed by atoms with van der Waals surface area (Å²) in [6.07, 6.45) is 0.235. The Morgan fingerprint density at radius 1 is 1.38 bits per heavy atom. The molecule has 0 aromatic heterocycles. The fourth-order valence-corrected chi connectivity index (χ4v) is 2.45. The molecule has 2 rings (SSSR count). The summed E-state index contributed by atoms with van der Waals surface area (Å²) >= 11 is 0. The molecule has 6 heteroatoms. The predicted molar refractivity (Wildman–Crippen MR) is 76.3 cm³/mol. The summed E-state index contributed by atoms with van der Waals surface area (Å²) in [4.78, 5) is 29.6. The molecule has 1 aliphatic heterocycles. The lowest BCUT2D eigenvalue weighted by molar-refractivity contribution is -0.141. The number of carbonyl (C=O) groups is 2. The molecular weight excluding hydrogens is 272 g/mol. The Bertz CT molecular complexity index is 492. The normalized spacial score (nSPS) is 21.9. The Kier molecular flexibility index (Phi) is 5.16. The van der Waals surface area contributed by atoms with Crippen molar-refractivity contribution in [1.29, 1.82) is 0 Å². The third kappa shape index (κ3) is 4.19. The average Bonchev–Trinajstić information content (AvgIpc) is 2.47. The first-order valence-corrected chi connectivity index (χ1v) is 7.03. The number of likely N-dealkylation sites (tertiary alicyclic amines) is 1. The molecule has 0 radical (unpaired) electrons. The van der Waals surface area contributed by atoms with Crippen LogP contribution in [-0.2, 0) is 16.2 Å². The van der Waals surface area contributed by atoms with Gasteiger partial charge in [0.05, 0.1) is 6.61 Å². The fourth-order valence-electron chi connectivity index (χ4n) is 2.45. The molecule has 1 aromatic rings. The maximum Gasteiger partial charge on any atom is 0.407 e. The van der Waals surface area contributed by atoms with Gasteiger partial charge in [0.2, 0.25) is 0 Å². The van der Waals surface area contributed by atoms with Crippen LogP contribution in [0.3, 0.4) is 0 Å². The van der Waals surface area contributed by atoms with E-state index in [9.17, 15) is 9.59 Å². The van der Waals surface area contributed by atoms with Crippen molar-refractivity contribution in [3.8, 4) is 0 Å². The standard InChI is InChI=1S/C15H20N2O4/c1-11-7-8-17(15(19)20)13(9-11)14(18)16-21-10-12-5-3-2-4-6-12/h2-6,11,13H,7-10H2,1H3,(H,16,18)(H,19,20)/t11?,13-/m1/s1. The number of hydrogen-bond acceptors (Lipinski definition) is 3. The van der Waals surface area contributed by atoms with Crippen LogP contribution in [0.5, 0.6) is 0 Å². The van der Waals surface area contributed by atoms with Gasteiger partial charge in [-0.15, -0.1) is 0 Å². The average molecular weight is 292 g/mol. The molecule has 2 N–H and O–H groups in total. The third-order valence-corrected chi connectivity index (χ3v) is 3.67. The number of hydroxylamine groups is 1. The highest BCUT2D eigenvalue weighted by Crippen LogP contribution is 2.22. The lowest BCUT2D eigenvalue weighted by atomic mass is 9.92. The van der Waals surface area contributed by atoms with Crippen LogP contribution in [0.2, 0.25) is 0 Å². The topological polar surface area (TPSA) is 78.9 Å². The van der Waals surface area contributed by atoms with E-state index in [0.717, 1.165) is 12.0 Å². The van der Waals surface area contributed by atoms with E-state index < -0.39 is 18.0 Å². The van der Waals surface area contributed by atoms with E-state index in [-0.39, 0.29) is 6.61 Å². The third-order valence-electron chi connectivity index (χ3n) is 3.67. The molecule has 1 unspecified atom stereocenters. The van der Waals surface area contributed by atoms with Gasteiger partial charge in [0.15, 0.2) is 0 Å². The van der Waals surface area contributed by atoms with Gasteiger partial charge in [0, 0.05) is 6.54 Å². The van der Waals surface area contributed by atoms with Crippen LogP contribution in [0.4, 0.5) is 4.79 Å². The van der Waals surface area contributed by atoms with Gasteiger partial charge in [-0.1, -0.05) is 37.3 Å². The van der Waals surface area contributed by atoms with E-state index in [0.29, 0.717) is 18.9 Å². The highest BCUT2D eigenvalue weighted by molar-refractivity contribution is 5.84. The maximum atomic E-state index is 12.1. The molecule has 114 valence electrons. The van der Waals surface area contributed by atoms with Gasteiger partial charge in [0.1, 0.15) is 6.04 Å². The molecule has 6 nitrogen and oxygen atoms in total. The lowest BCUT2D eigenvalue weighted by Gasteiger charge is -2.35. The molecular formula is C15H20N2O4. The van der Waals surface area contributed by atoms with E-state index in [2.05, 4.69) is 5.48 Å². The first-order chi connectivity index (χ1) is 10.1. The van der Waals surface area contributed by atoms with Gasteiger partial charge >= 0.3 is 6.09 Å². The zero-order valence-electron chi connectivity index (χ0n) is 12.0. The zero-order chi connectivity index (χ0) is 15.2. The van der Waals surface area contributed by atoms with Crippen LogP contribution in [0.1, 0.15) is 25.3 Å². The Balaban J connectivity index is 1.87. The Labute approximate surface area is 123 Å². The molecule has 0 saturated carbocycles. The number of benzene rings is 1. The van der Waals surface area contributed by atoms with Crippen molar-refractivity contribution in [3.63, 3.8) is 0 Å². The van der Waals surface area contributed by atoms with Gasteiger partial charge in [-0.25, -0.2) is 10.3 Å².